The molecule has 4 rings (SSSR count). The van der Waals surface area contributed by atoms with E-state index < -0.39 is 35.1 Å². The van der Waals surface area contributed by atoms with Crippen molar-refractivity contribution in [3.05, 3.63) is 87.7 Å². The average molecular weight is 501 g/mol. The van der Waals surface area contributed by atoms with E-state index >= 15 is 0 Å². The van der Waals surface area contributed by atoms with E-state index in [-0.39, 0.29) is 22.6 Å². The first-order valence-corrected chi connectivity index (χ1v) is 10.5. The van der Waals surface area contributed by atoms with Crippen LogP contribution in [0.3, 0.4) is 0 Å². The van der Waals surface area contributed by atoms with E-state index in [0.717, 1.165) is 35.0 Å². The first kappa shape index (κ1) is 24.6. The van der Waals surface area contributed by atoms with Crippen molar-refractivity contribution in [2.24, 2.45) is 7.05 Å². The molecule has 36 heavy (non-hydrogen) atoms. The largest absolute Gasteiger partial charge is 0.416 e. The summed E-state index contributed by atoms with van der Waals surface area (Å²) in [5.41, 5.74) is 4.52. The van der Waals surface area contributed by atoms with Crippen LogP contribution >= 0.6 is 0 Å². The SMILES string of the molecule is C[C@@H](NC(=O)c1ccc(=O)n(-c2cc(-c3cnnn3C)ccc2F)n1)c1cc(N)cc(C(F)(F)F)c1. The summed E-state index contributed by atoms with van der Waals surface area (Å²) in [6.45, 7) is 1.47. The smallest absolute Gasteiger partial charge is 0.399 e. The fourth-order valence-electron chi connectivity index (χ4n) is 3.53. The molecule has 0 saturated carbocycles. The van der Waals surface area contributed by atoms with Gasteiger partial charge in [-0.15, -0.1) is 5.10 Å². The molecule has 3 N–H and O–H groups in total. The summed E-state index contributed by atoms with van der Waals surface area (Å²) in [6.07, 6.45) is -3.16. The molecule has 186 valence electrons. The Labute approximate surface area is 201 Å². The highest BCUT2D eigenvalue weighted by Crippen LogP contribution is 2.32. The molecule has 2 aromatic carbocycles. The molecule has 0 aliphatic heterocycles. The molecule has 0 bridgehead atoms. The topological polar surface area (TPSA) is 121 Å². The third-order valence-corrected chi connectivity index (χ3v) is 5.37. The maximum Gasteiger partial charge on any atom is 0.416 e. The number of carbonyl (C=O) groups is 1. The molecular formula is C23H19F4N7O2. The second-order valence-corrected chi connectivity index (χ2v) is 7.96. The number of halogens is 4. The highest BCUT2D eigenvalue weighted by atomic mass is 19.4. The molecule has 0 unspecified atom stereocenters. The first-order chi connectivity index (χ1) is 16.9. The standard InChI is InChI=1S/C23H19F4N7O2/c1-12(14-7-15(23(25,26)27)10-16(28)8-14)30-22(36)18-5-6-21(35)34(31-18)19-9-13(3-4-17(19)24)20-11-29-32-33(20)2/h3-12H,28H2,1-2H3,(H,30,36)/t12-/m1/s1. The third-order valence-electron chi connectivity index (χ3n) is 5.37. The maximum absolute atomic E-state index is 14.7. The quantitative estimate of drug-likeness (QED) is 0.320. The van der Waals surface area contributed by atoms with Gasteiger partial charge in [0.2, 0.25) is 0 Å². The lowest BCUT2D eigenvalue weighted by molar-refractivity contribution is -0.137. The van der Waals surface area contributed by atoms with E-state index in [1.165, 1.54) is 36.0 Å². The van der Waals surface area contributed by atoms with E-state index in [0.29, 0.717) is 11.3 Å². The van der Waals surface area contributed by atoms with E-state index in [4.69, 9.17) is 5.73 Å². The number of hydrogen-bond acceptors (Lipinski definition) is 6. The Hall–Kier alpha value is -4.55. The number of hydrogen-bond donors (Lipinski definition) is 2. The number of nitrogens with one attached hydrogen (secondary N) is 1. The number of carbonyl (C=O) groups excluding carboxylic acids is 1. The summed E-state index contributed by atoms with van der Waals surface area (Å²) < 4.78 is 56.2. The Morgan fingerprint density at radius 1 is 1.11 bits per heavy atom. The van der Waals surface area contributed by atoms with Gasteiger partial charge in [0, 0.05) is 24.4 Å². The lowest BCUT2D eigenvalue weighted by Crippen LogP contribution is -2.31. The zero-order valence-electron chi connectivity index (χ0n) is 18.9. The second-order valence-electron chi connectivity index (χ2n) is 7.96. The van der Waals surface area contributed by atoms with Crippen molar-refractivity contribution in [2.75, 3.05) is 5.73 Å². The lowest BCUT2D eigenvalue weighted by atomic mass is 10.0. The lowest BCUT2D eigenvalue weighted by Gasteiger charge is -2.17. The van der Waals surface area contributed by atoms with Crippen LogP contribution in [0.4, 0.5) is 23.2 Å². The Balaban J connectivity index is 1.65. The normalized spacial score (nSPS) is 12.4. The van der Waals surface area contributed by atoms with Crippen LogP contribution in [-0.4, -0.2) is 30.7 Å². The van der Waals surface area contributed by atoms with E-state index in [1.54, 1.807) is 7.05 Å². The van der Waals surface area contributed by atoms with Crippen molar-refractivity contribution in [3.63, 3.8) is 0 Å². The number of benzene rings is 2. The zero-order valence-corrected chi connectivity index (χ0v) is 18.9. The Kier molecular flexibility index (Phi) is 6.31. The van der Waals surface area contributed by atoms with Crippen LogP contribution in [0.5, 0.6) is 0 Å². The molecule has 1 atom stereocenters. The zero-order chi connectivity index (χ0) is 26.2. The van der Waals surface area contributed by atoms with Crippen molar-refractivity contribution >= 4 is 11.6 Å². The molecule has 2 heterocycles. The minimum absolute atomic E-state index is 0.118. The average Bonchev–Trinajstić information content (AvgIpc) is 3.24. The summed E-state index contributed by atoms with van der Waals surface area (Å²) in [6, 6.07) is 8.23. The van der Waals surface area contributed by atoms with Crippen LogP contribution in [-0.2, 0) is 13.2 Å². The van der Waals surface area contributed by atoms with Crippen LogP contribution < -0.4 is 16.6 Å². The molecule has 9 nitrogen and oxygen atoms in total. The Bertz CT molecular complexity index is 1510. The molecular weight excluding hydrogens is 482 g/mol. The minimum Gasteiger partial charge on any atom is -0.399 e. The number of nitrogen functional groups attached to an aromatic ring is 1. The van der Waals surface area contributed by atoms with Crippen molar-refractivity contribution in [1.29, 1.82) is 0 Å². The summed E-state index contributed by atoms with van der Waals surface area (Å²) in [7, 11) is 1.64. The predicted molar refractivity (Wildman–Crippen MR) is 122 cm³/mol. The van der Waals surface area contributed by atoms with Crippen LogP contribution in [0.2, 0.25) is 0 Å². The number of nitrogens with two attached hydrogens (primary N) is 1. The molecule has 4 aromatic rings. The molecule has 2 aromatic heterocycles. The van der Waals surface area contributed by atoms with E-state index in [2.05, 4.69) is 20.7 Å². The first-order valence-electron chi connectivity index (χ1n) is 10.5. The van der Waals surface area contributed by atoms with Gasteiger partial charge in [-0.25, -0.2) is 9.07 Å². The number of nitrogens with zero attached hydrogens (tertiary/aromatic N) is 5. The number of rotatable bonds is 5. The summed E-state index contributed by atoms with van der Waals surface area (Å²) >= 11 is 0. The number of anilines is 1. The number of aromatic nitrogens is 5. The van der Waals surface area contributed by atoms with Gasteiger partial charge in [-0.2, -0.15) is 23.0 Å². The van der Waals surface area contributed by atoms with Gasteiger partial charge in [-0.1, -0.05) is 5.21 Å². The second kappa shape index (κ2) is 9.24. The number of aryl methyl sites for hydroxylation is 1. The third kappa shape index (κ3) is 4.94. The highest BCUT2D eigenvalue weighted by molar-refractivity contribution is 5.92. The van der Waals surface area contributed by atoms with Crippen molar-refractivity contribution in [2.45, 2.75) is 19.1 Å². The van der Waals surface area contributed by atoms with Crippen molar-refractivity contribution in [1.82, 2.24) is 30.1 Å². The monoisotopic (exact) mass is 501 g/mol. The van der Waals surface area contributed by atoms with Gasteiger partial charge >= 0.3 is 6.18 Å². The Morgan fingerprint density at radius 2 is 1.86 bits per heavy atom. The van der Waals surface area contributed by atoms with Crippen LogP contribution in [0, 0.1) is 5.82 Å². The fraction of sp³-hybridized carbons (Fsp3) is 0.174. The number of amides is 1. The van der Waals surface area contributed by atoms with Crippen LogP contribution in [0.1, 0.15) is 34.6 Å². The van der Waals surface area contributed by atoms with Gasteiger partial charge < -0.3 is 11.1 Å². The van der Waals surface area contributed by atoms with E-state index in [9.17, 15) is 27.2 Å². The van der Waals surface area contributed by atoms with Gasteiger partial charge in [0.1, 0.15) is 17.2 Å². The minimum atomic E-state index is -4.62. The highest BCUT2D eigenvalue weighted by Gasteiger charge is 2.31. The van der Waals surface area contributed by atoms with E-state index in [1.807, 2.05) is 0 Å². The summed E-state index contributed by atoms with van der Waals surface area (Å²) in [4.78, 5) is 25.3. The molecule has 13 heteroatoms. The van der Waals surface area contributed by atoms with Crippen LogP contribution in [0.25, 0.3) is 16.9 Å². The summed E-state index contributed by atoms with van der Waals surface area (Å²) in [5.74, 6) is -1.56. The molecule has 0 radical (unpaired) electrons. The molecule has 0 aliphatic rings. The van der Waals surface area contributed by atoms with Crippen molar-refractivity contribution in [3.8, 4) is 16.9 Å². The van der Waals surface area contributed by atoms with Gasteiger partial charge in [0.05, 0.1) is 23.5 Å². The Morgan fingerprint density at radius 3 is 2.53 bits per heavy atom. The molecule has 0 saturated heterocycles. The van der Waals surface area contributed by atoms with Crippen LogP contribution in [0.15, 0.2) is 59.5 Å². The van der Waals surface area contributed by atoms with Gasteiger partial charge in [0.25, 0.3) is 11.5 Å². The maximum atomic E-state index is 14.7. The summed E-state index contributed by atoms with van der Waals surface area (Å²) in [5, 5.41) is 14.1. The molecule has 1 amide bonds. The molecule has 0 fully saturated rings. The number of alkyl halides is 3. The van der Waals surface area contributed by atoms with Crippen molar-refractivity contribution < 1.29 is 22.4 Å². The van der Waals surface area contributed by atoms with Gasteiger partial charge in [0.15, 0.2) is 0 Å². The molecule has 0 aliphatic carbocycles. The fourth-order valence-corrected chi connectivity index (χ4v) is 3.53. The molecule has 0 spiro atoms. The van der Waals surface area contributed by atoms with Gasteiger partial charge in [-0.05, 0) is 55.0 Å². The van der Waals surface area contributed by atoms with Gasteiger partial charge in [-0.3, -0.25) is 9.59 Å². The predicted octanol–water partition coefficient (Wildman–Crippen LogP) is 3.26.